The van der Waals surface area contributed by atoms with Crippen LogP contribution >= 0.6 is 0 Å². The zero-order valence-electron chi connectivity index (χ0n) is 10.2. The highest BCUT2D eigenvalue weighted by Gasteiger charge is 2.28. The van der Waals surface area contributed by atoms with Gasteiger partial charge in [-0.25, -0.2) is 9.59 Å². The predicted molar refractivity (Wildman–Crippen MR) is 61.6 cm³/mol. The van der Waals surface area contributed by atoms with Gasteiger partial charge in [-0.3, -0.25) is 0 Å². The van der Waals surface area contributed by atoms with Gasteiger partial charge < -0.3 is 20.4 Å². The van der Waals surface area contributed by atoms with Crippen LogP contribution in [0, 0.1) is 11.8 Å². The summed E-state index contributed by atoms with van der Waals surface area (Å²) in [4.78, 5) is 24.0. The molecule has 0 saturated carbocycles. The number of likely N-dealkylation sites (tertiary alicyclic amines) is 1. The molecule has 98 valence electrons. The number of carbonyl (C=O) groups excluding carboxylic acids is 1. The van der Waals surface area contributed by atoms with E-state index in [4.69, 9.17) is 10.2 Å². The van der Waals surface area contributed by atoms with Crippen LogP contribution in [-0.4, -0.2) is 52.9 Å². The van der Waals surface area contributed by atoms with Gasteiger partial charge in [0.05, 0.1) is 6.61 Å². The number of aliphatic hydroxyl groups is 1. The molecule has 1 fully saturated rings. The highest BCUT2D eigenvalue weighted by Crippen LogP contribution is 2.22. The van der Waals surface area contributed by atoms with Crippen molar-refractivity contribution >= 4 is 12.0 Å². The Labute approximate surface area is 101 Å². The maximum atomic E-state index is 11.8. The zero-order valence-corrected chi connectivity index (χ0v) is 10.2. The van der Waals surface area contributed by atoms with Gasteiger partial charge in [-0.2, -0.15) is 0 Å². The van der Waals surface area contributed by atoms with Crippen molar-refractivity contribution in [2.75, 3.05) is 19.7 Å². The number of hydrogen-bond acceptors (Lipinski definition) is 3. The number of nitrogens with zero attached hydrogens (tertiary/aromatic N) is 1. The average molecular weight is 244 g/mol. The summed E-state index contributed by atoms with van der Waals surface area (Å²) in [6.07, 6.45) is 0.922. The van der Waals surface area contributed by atoms with Crippen molar-refractivity contribution in [3.8, 4) is 0 Å². The fourth-order valence-electron chi connectivity index (χ4n) is 1.87. The van der Waals surface area contributed by atoms with Gasteiger partial charge in [-0.1, -0.05) is 13.8 Å². The summed E-state index contributed by atoms with van der Waals surface area (Å²) < 4.78 is 0. The van der Waals surface area contributed by atoms with Crippen molar-refractivity contribution in [2.24, 2.45) is 11.8 Å². The SMILES string of the molecule is CC1CCN(C(=O)N[C@H](CO)C(=O)O)CC1C. The molecule has 1 aliphatic rings. The standard InChI is InChI=1S/C11H20N2O4/c1-7-3-4-13(5-8(7)2)11(17)12-9(6-14)10(15)16/h7-9,14H,3-6H2,1-2H3,(H,12,17)(H,15,16)/t7?,8?,9-/m1/s1. The maximum absolute atomic E-state index is 11.8. The molecule has 0 aromatic rings. The Morgan fingerprint density at radius 2 is 2.06 bits per heavy atom. The largest absolute Gasteiger partial charge is 0.480 e. The fourth-order valence-corrected chi connectivity index (χ4v) is 1.87. The summed E-state index contributed by atoms with van der Waals surface area (Å²) in [7, 11) is 0. The molecule has 0 radical (unpaired) electrons. The van der Waals surface area contributed by atoms with Crippen molar-refractivity contribution in [2.45, 2.75) is 26.3 Å². The van der Waals surface area contributed by atoms with Gasteiger partial charge in [0.25, 0.3) is 0 Å². The van der Waals surface area contributed by atoms with E-state index >= 15 is 0 Å². The Kier molecular flexibility index (Phi) is 4.74. The van der Waals surface area contributed by atoms with E-state index in [-0.39, 0.29) is 0 Å². The quantitative estimate of drug-likeness (QED) is 0.657. The van der Waals surface area contributed by atoms with E-state index in [1.807, 2.05) is 0 Å². The monoisotopic (exact) mass is 244 g/mol. The first kappa shape index (κ1) is 13.8. The molecular weight excluding hydrogens is 224 g/mol. The molecule has 3 atom stereocenters. The summed E-state index contributed by atoms with van der Waals surface area (Å²) in [6.45, 7) is 4.89. The Bertz CT molecular complexity index is 295. The van der Waals surface area contributed by atoms with Gasteiger partial charge in [0, 0.05) is 13.1 Å². The zero-order chi connectivity index (χ0) is 13.0. The normalized spacial score (nSPS) is 26.4. The van der Waals surface area contributed by atoms with E-state index in [9.17, 15) is 9.59 Å². The molecule has 1 aliphatic heterocycles. The summed E-state index contributed by atoms with van der Waals surface area (Å²) in [5.41, 5.74) is 0. The maximum Gasteiger partial charge on any atom is 0.328 e. The molecule has 0 aliphatic carbocycles. The van der Waals surface area contributed by atoms with Crippen LogP contribution < -0.4 is 5.32 Å². The molecule has 1 saturated heterocycles. The third kappa shape index (κ3) is 3.59. The summed E-state index contributed by atoms with van der Waals surface area (Å²) in [6, 6.07) is -1.64. The first-order valence-electron chi connectivity index (χ1n) is 5.84. The highest BCUT2D eigenvalue weighted by molar-refractivity contribution is 5.82. The van der Waals surface area contributed by atoms with E-state index in [2.05, 4.69) is 19.2 Å². The number of hydrogen-bond donors (Lipinski definition) is 3. The lowest BCUT2D eigenvalue weighted by molar-refractivity contribution is -0.140. The molecule has 1 rings (SSSR count). The van der Waals surface area contributed by atoms with Crippen LogP contribution in [0.5, 0.6) is 0 Å². The molecule has 6 heteroatoms. The molecule has 6 nitrogen and oxygen atoms in total. The Morgan fingerprint density at radius 1 is 1.41 bits per heavy atom. The first-order chi connectivity index (χ1) is 7.95. The van der Waals surface area contributed by atoms with E-state index in [0.717, 1.165) is 6.42 Å². The van der Waals surface area contributed by atoms with Crippen molar-refractivity contribution in [1.29, 1.82) is 0 Å². The second-order valence-corrected chi connectivity index (χ2v) is 4.71. The number of carbonyl (C=O) groups is 2. The van der Waals surface area contributed by atoms with Crippen LogP contribution in [0.2, 0.25) is 0 Å². The average Bonchev–Trinajstić information content (AvgIpc) is 2.28. The summed E-state index contributed by atoms with van der Waals surface area (Å²) in [5, 5.41) is 19.9. The topological polar surface area (TPSA) is 89.9 Å². The molecule has 0 bridgehead atoms. The Hall–Kier alpha value is -1.30. The van der Waals surface area contributed by atoms with Gasteiger partial charge in [-0.15, -0.1) is 0 Å². The number of aliphatic hydroxyl groups excluding tert-OH is 1. The Balaban J connectivity index is 2.50. The van der Waals surface area contributed by atoms with E-state index < -0.39 is 24.6 Å². The molecule has 2 amide bonds. The number of amides is 2. The number of rotatable bonds is 3. The molecule has 0 spiro atoms. The lowest BCUT2D eigenvalue weighted by Gasteiger charge is -2.35. The van der Waals surface area contributed by atoms with Crippen molar-refractivity contribution in [3.05, 3.63) is 0 Å². The minimum absolute atomic E-state index is 0.409. The van der Waals surface area contributed by atoms with Crippen LogP contribution in [0.1, 0.15) is 20.3 Å². The summed E-state index contributed by atoms with van der Waals surface area (Å²) >= 11 is 0. The molecular formula is C11H20N2O4. The summed E-state index contributed by atoms with van der Waals surface area (Å²) in [5.74, 6) is -0.238. The minimum Gasteiger partial charge on any atom is -0.480 e. The predicted octanol–water partition coefficient (Wildman–Crippen LogP) is 0.119. The van der Waals surface area contributed by atoms with E-state index in [1.165, 1.54) is 0 Å². The van der Waals surface area contributed by atoms with E-state index in [1.54, 1.807) is 4.90 Å². The number of carboxylic acids is 1. The van der Waals surface area contributed by atoms with Gasteiger partial charge in [0.2, 0.25) is 0 Å². The number of piperidine rings is 1. The van der Waals surface area contributed by atoms with Crippen LogP contribution in [0.15, 0.2) is 0 Å². The lowest BCUT2D eigenvalue weighted by atomic mass is 9.89. The minimum atomic E-state index is -1.22. The highest BCUT2D eigenvalue weighted by atomic mass is 16.4. The second kappa shape index (κ2) is 5.86. The molecule has 1 heterocycles. The van der Waals surface area contributed by atoms with Crippen molar-refractivity contribution in [3.63, 3.8) is 0 Å². The first-order valence-corrected chi connectivity index (χ1v) is 5.84. The van der Waals surface area contributed by atoms with Crippen LogP contribution in [0.4, 0.5) is 4.79 Å². The molecule has 2 unspecified atom stereocenters. The van der Waals surface area contributed by atoms with Gasteiger partial charge in [-0.05, 0) is 18.3 Å². The smallest absolute Gasteiger partial charge is 0.328 e. The number of urea groups is 1. The van der Waals surface area contributed by atoms with Crippen molar-refractivity contribution in [1.82, 2.24) is 10.2 Å². The van der Waals surface area contributed by atoms with Crippen LogP contribution in [-0.2, 0) is 4.79 Å². The molecule has 17 heavy (non-hydrogen) atoms. The molecule has 0 aromatic heterocycles. The van der Waals surface area contributed by atoms with Gasteiger partial charge in [0.15, 0.2) is 6.04 Å². The van der Waals surface area contributed by atoms with Crippen LogP contribution in [0.3, 0.4) is 0 Å². The van der Waals surface area contributed by atoms with Gasteiger partial charge >= 0.3 is 12.0 Å². The molecule has 0 aromatic carbocycles. The van der Waals surface area contributed by atoms with Crippen LogP contribution in [0.25, 0.3) is 0 Å². The number of carboxylic acid groups (broad SMARTS) is 1. The second-order valence-electron chi connectivity index (χ2n) is 4.71. The molecule has 3 N–H and O–H groups in total. The van der Waals surface area contributed by atoms with Crippen molar-refractivity contribution < 1.29 is 19.8 Å². The fraction of sp³-hybridized carbons (Fsp3) is 0.818. The lowest BCUT2D eigenvalue weighted by Crippen LogP contribution is -2.52. The third-order valence-corrected chi connectivity index (χ3v) is 3.40. The van der Waals surface area contributed by atoms with E-state index in [0.29, 0.717) is 24.9 Å². The van der Waals surface area contributed by atoms with Gasteiger partial charge in [0.1, 0.15) is 0 Å². The third-order valence-electron chi connectivity index (χ3n) is 3.40. The number of aliphatic carboxylic acids is 1. The Morgan fingerprint density at radius 3 is 2.53 bits per heavy atom. The number of nitrogens with one attached hydrogen (secondary N) is 1.